The Morgan fingerprint density at radius 3 is 2.25 bits per heavy atom. The number of amides is 2. The van der Waals surface area contributed by atoms with Crippen LogP contribution < -0.4 is 15.4 Å². The number of carbonyl (C=O) groups is 2. The van der Waals surface area contributed by atoms with Crippen LogP contribution in [0.5, 0.6) is 5.75 Å². The number of hydrogen-bond donors (Lipinski definition) is 2. The average Bonchev–Trinajstić information content (AvgIpc) is 2.38. The molecule has 0 spiro atoms. The molecule has 0 aliphatic heterocycles. The summed E-state index contributed by atoms with van der Waals surface area (Å²) in [6.07, 6.45) is 0.823. The van der Waals surface area contributed by atoms with Crippen molar-refractivity contribution < 1.29 is 14.3 Å². The van der Waals surface area contributed by atoms with E-state index >= 15 is 0 Å². The molecule has 1 aromatic rings. The lowest BCUT2D eigenvalue weighted by molar-refractivity contribution is -0.118. The van der Waals surface area contributed by atoms with Crippen LogP contribution in [0.25, 0.3) is 0 Å². The van der Waals surface area contributed by atoms with Gasteiger partial charge in [-0.05, 0) is 44.5 Å². The molecular weight excluding hydrogens is 256 g/mol. The maximum atomic E-state index is 11.8. The summed E-state index contributed by atoms with van der Waals surface area (Å²) >= 11 is 0. The first-order chi connectivity index (χ1) is 9.49. The minimum Gasteiger partial charge on any atom is -0.491 e. The topological polar surface area (TPSA) is 67.4 Å². The van der Waals surface area contributed by atoms with Crippen LogP contribution in [-0.2, 0) is 4.79 Å². The number of rotatable bonds is 7. The summed E-state index contributed by atoms with van der Waals surface area (Å²) in [6, 6.07) is 7.04. The van der Waals surface area contributed by atoms with Gasteiger partial charge in [-0.1, -0.05) is 0 Å². The van der Waals surface area contributed by atoms with E-state index in [-0.39, 0.29) is 17.9 Å². The summed E-state index contributed by atoms with van der Waals surface area (Å²) in [4.78, 5) is 22.5. The van der Waals surface area contributed by atoms with E-state index in [4.69, 9.17) is 4.74 Å². The normalized spacial score (nSPS) is 10.2. The van der Waals surface area contributed by atoms with Crippen molar-refractivity contribution in [3.05, 3.63) is 29.8 Å². The minimum atomic E-state index is -0.121. The zero-order valence-electron chi connectivity index (χ0n) is 12.2. The lowest BCUT2D eigenvalue weighted by atomic mass is 10.2. The molecule has 0 aliphatic carbocycles. The lowest BCUT2D eigenvalue weighted by Crippen LogP contribution is -2.28. The molecule has 110 valence electrons. The van der Waals surface area contributed by atoms with Gasteiger partial charge in [-0.3, -0.25) is 9.59 Å². The van der Waals surface area contributed by atoms with Gasteiger partial charge in [0.1, 0.15) is 5.75 Å². The van der Waals surface area contributed by atoms with E-state index in [0.717, 1.165) is 5.75 Å². The molecule has 0 unspecified atom stereocenters. The molecule has 0 aliphatic rings. The van der Waals surface area contributed by atoms with E-state index in [0.29, 0.717) is 25.1 Å². The molecule has 2 N–H and O–H groups in total. The Morgan fingerprint density at radius 1 is 1.10 bits per heavy atom. The highest BCUT2D eigenvalue weighted by Crippen LogP contribution is 2.13. The number of benzene rings is 1. The van der Waals surface area contributed by atoms with Gasteiger partial charge >= 0.3 is 0 Å². The van der Waals surface area contributed by atoms with E-state index in [1.807, 2.05) is 13.8 Å². The fourth-order valence-electron chi connectivity index (χ4n) is 1.61. The fourth-order valence-corrected chi connectivity index (χ4v) is 1.61. The van der Waals surface area contributed by atoms with Gasteiger partial charge in [-0.15, -0.1) is 0 Å². The number of nitrogens with one attached hydrogen (secondary N) is 2. The van der Waals surface area contributed by atoms with Gasteiger partial charge in [0.25, 0.3) is 5.91 Å². The van der Waals surface area contributed by atoms with Crippen LogP contribution in [0.15, 0.2) is 24.3 Å². The van der Waals surface area contributed by atoms with Gasteiger partial charge in [-0.2, -0.15) is 0 Å². The molecule has 0 saturated heterocycles. The SMILES string of the molecule is CC(=O)NCCCNC(=O)c1ccc(OC(C)C)cc1. The Labute approximate surface area is 119 Å². The van der Waals surface area contributed by atoms with E-state index in [1.54, 1.807) is 24.3 Å². The van der Waals surface area contributed by atoms with Crippen LogP contribution >= 0.6 is 0 Å². The minimum absolute atomic E-state index is 0.0583. The van der Waals surface area contributed by atoms with Crippen LogP contribution in [0.2, 0.25) is 0 Å². The van der Waals surface area contributed by atoms with Crippen LogP contribution in [-0.4, -0.2) is 31.0 Å². The molecule has 0 radical (unpaired) electrons. The molecule has 0 saturated carbocycles. The van der Waals surface area contributed by atoms with E-state index < -0.39 is 0 Å². The van der Waals surface area contributed by atoms with Gasteiger partial charge in [0.15, 0.2) is 0 Å². The molecule has 0 atom stereocenters. The Morgan fingerprint density at radius 2 is 1.70 bits per heavy atom. The molecule has 5 heteroatoms. The Balaban J connectivity index is 2.34. The average molecular weight is 278 g/mol. The molecule has 0 aromatic heterocycles. The third-order valence-corrected chi connectivity index (χ3v) is 2.50. The van der Waals surface area contributed by atoms with E-state index in [2.05, 4.69) is 10.6 Å². The van der Waals surface area contributed by atoms with Crippen molar-refractivity contribution >= 4 is 11.8 Å². The second-order valence-electron chi connectivity index (χ2n) is 4.78. The predicted octanol–water partition coefficient (Wildman–Crippen LogP) is 1.73. The third kappa shape index (κ3) is 6.22. The van der Waals surface area contributed by atoms with Crippen molar-refractivity contribution in [2.24, 2.45) is 0 Å². The maximum Gasteiger partial charge on any atom is 0.251 e. The summed E-state index contributed by atoms with van der Waals surface area (Å²) in [5, 5.41) is 5.48. The Kier molecular flexibility index (Phi) is 6.56. The van der Waals surface area contributed by atoms with Crippen molar-refractivity contribution in [1.82, 2.24) is 10.6 Å². The molecule has 0 fully saturated rings. The molecular formula is C15H22N2O3. The van der Waals surface area contributed by atoms with Gasteiger partial charge in [-0.25, -0.2) is 0 Å². The monoisotopic (exact) mass is 278 g/mol. The summed E-state index contributed by atoms with van der Waals surface area (Å²) < 4.78 is 5.51. The second-order valence-corrected chi connectivity index (χ2v) is 4.78. The third-order valence-electron chi connectivity index (χ3n) is 2.50. The summed E-state index contributed by atoms with van der Waals surface area (Å²) in [7, 11) is 0. The van der Waals surface area contributed by atoms with Crippen LogP contribution in [0.3, 0.4) is 0 Å². The van der Waals surface area contributed by atoms with Crippen molar-refractivity contribution in [2.45, 2.75) is 33.3 Å². The molecule has 0 bridgehead atoms. The summed E-state index contributed by atoms with van der Waals surface area (Å²) in [6.45, 7) is 6.48. The Hall–Kier alpha value is -2.04. The predicted molar refractivity (Wildman–Crippen MR) is 77.8 cm³/mol. The first-order valence-electron chi connectivity index (χ1n) is 6.78. The van der Waals surface area contributed by atoms with E-state index in [1.165, 1.54) is 6.92 Å². The quantitative estimate of drug-likeness (QED) is 0.746. The van der Waals surface area contributed by atoms with E-state index in [9.17, 15) is 9.59 Å². The van der Waals surface area contributed by atoms with Crippen LogP contribution in [0.4, 0.5) is 0 Å². The summed E-state index contributed by atoms with van der Waals surface area (Å²) in [5.74, 6) is 0.572. The van der Waals surface area contributed by atoms with Crippen molar-refractivity contribution in [3.8, 4) is 5.75 Å². The smallest absolute Gasteiger partial charge is 0.251 e. The number of carbonyl (C=O) groups excluding carboxylic acids is 2. The highest BCUT2D eigenvalue weighted by atomic mass is 16.5. The first kappa shape index (κ1) is 16.0. The molecule has 2 amide bonds. The fraction of sp³-hybridized carbons (Fsp3) is 0.467. The molecule has 5 nitrogen and oxygen atoms in total. The van der Waals surface area contributed by atoms with Crippen molar-refractivity contribution in [2.75, 3.05) is 13.1 Å². The maximum absolute atomic E-state index is 11.8. The largest absolute Gasteiger partial charge is 0.491 e. The van der Waals surface area contributed by atoms with Crippen LogP contribution in [0, 0.1) is 0 Å². The highest BCUT2D eigenvalue weighted by molar-refractivity contribution is 5.94. The second kappa shape index (κ2) is 8.19. The highest BCUT2D eigenvalue weighted by Gasteiger charge is 2.05. The Bertz CT molecular complexity index is 441. The van der Waals surface area contributed by atoms with Crippen molar-refractivity contribution in [1.29, 1.82) is 0 Å². The number of ether oxygens (including phenoxy) is 1. The standard InChI is InChI=1S/C15H22N2O3/c1-11(2)20-14-7-5-13(6-8-14)15(19)17-10-4-9-16-12(3)18/h5-8,11H,4,9-10H2,1-3H3,(H,16,18)(H,17,19). The lowest BCUT2D eigenvalue weighted by Gasteiger charge is -2.10. The van der Waals surface area contributed by atoms with Gasteiger partial charge in [0.05, 0.1) is 6.10 Å². The van der Waals surface area contributed by atoms with Gasteiger partial charge < -0.3 is 15.4 Å². The van der Waals surface area contributed by atoms with Crippen molar-refractivity contribution in [3.63, 3.8) is 0 Å². The molecule has 0 heterocycles. The molecule has 20 heavy (non-hydrogen) atoms. The molecule has 1 aromatic carbocycles. The number of hydrogen-bond acceptors (Lipinski definition) is 3. The zero-order chi connectivity index (χ0) is 15.0. The van der Waals surface area contributed by atoms with Gasteiger partial charge in [0.2, 0.25) is 5.91 Å². The van der Waals surface area contributed by atoms with Gasteiger partial charge in [0, 0.05) is 25.6 Å². The zero-order valence-corrected chi connectivity index (χ0v) is 12.2. The van der Waals surface area contributed by atoms with Crippen LogP contribution in [0.1, 0.15) is 37.6 Å². The first-order valence-corrected chi connectivity index (χ1v) is 6.78. The summed E-state index contributed by atoms with van der Waals surface area (Å²) in [5.41, 5.74) is 0.598. The molecule has 1 rings (SSSR count).